The largest absolute Gasteiger partial charge is 0.347 e. The van der Waals surface area contributed by atoms with Crippen LogP contribution in [0.25, 0.3) is 0 Å². The second kappa shape index (κ2) is 2.57. The van der Waals surface area contributed by atoms with Crippen molar-refractivity contribution in [3.63, 3.8) is 0 Å². The molecular weight excluding hydrogens is 144 g/mol. The van der Waals surface area contributed by atoms with Gasteiger partial charge in [0.15, 0.2) is 6.29 Å². The summed E-state index contributed by atoms with van der Waals surface area (Å²) in [6.07, 6.45) is 2.17. The number of carbonyl (C=O) groups excluding carboxylic acids is 1. The van der Waals surface area contributed by atoms with E-state index >= 15 is 0 Å². The van der Waals surface area contributed by atoms with E-state index in [0.29, 0.717) is 18.6 Å². The van der Waals surface area contributed by atoms with E-state index in [-0.39, 0.29) is 18.5 Å². The highest BCUT2D eigenvalue weighted by molar-refractivity contribution is 5.79. The third-order valence-corrected chi connectivity index (χ3v) is 2.28. The number of Topliss-reactive ketones (excluding diaryl/α,β-unsaturated/α-hetero) is 1. The lowest BCUT2D eigenvalue weighted by atomic mass is 9.94. The predicted molar refractivity (Wildman–Crippen MR) is 38.1 cm³/mol. The molecule has 0 aromatic rings. The molecule has 11 heavy (non-hydrogen) atoms. The lowest BCUT2D eigenvalue weighted by Crippen LogP contribution is -2.31. The van der Waals surface area contributed by atoms with Crippen LogP contribution in [0.4, 0.5) is 0 Å². The normalized spacial score (nSPS) is 44.1. The minimum Gasteiger partial charge on any atom is -0.347 e. The second-order valence-electron chi connectivity index (χ2n) is 3.20. The topological polar surface area (TPSA) is 35.5 Å². The first-order chi connectivity index (χ1) is 5.25. The fraction of sp³-hybridized carbons (Fsp3) is 0.875. The summed E-state index contributed by atoms with van der Waals surface area (Å²) in [5.74, 6) is 0.309. The van der Waals surface area contributed by atoms with Gasteiger partial charge in [0.05, 0.1) is 12.2 Å². The lowest BCUT2D eigenvalue weighted by molar-refractivity contribution is -0.123. The van der Waals surface area contributed by atoms with Gasteiger partial charge in [-0.1, -0.05) is 0 Å². The highest BCUT2D eigenvalue weighted by Gasteiger charge is 2.38. The maximum atomic E-state index is 11.0. The molecule has 62 valence electrons. The molecule has 1 heterocycles. The molecule has 3 atom stereocenters. The summed E-state index contributed by atoms with van der Waals surface area (Å²) in [6.45, 7) is 1.88. The molecule has 0 bridgehead atoms. The van der Waals surface area contributed by atoms with E-state index in [4.69, 9.17) is 9.47 Å². The minimum atomic E-state index is -0.115. The van der Waals surface area contributed by atoms with Crippen LogP contribution in [0, 0.1) is 0 Å². The summed E-state index contributed by atoms with van der Waals surface area (Å²) in [5, 5.41) is 0. The van der Waals surface area contributed by atoms with Crippen molar-refractivity contribution >= 4 is 5.78 Å². The van der Waals surface area contributed by atoms with Gasteiger partial charge in [-0.2, -0.15) is 0 Å². The summed E-state index contributed by atoms with van der Waals surface area (Å²) in [5.41, 5.74) is 0. The average molecular weight is 156 g/mol. The number of hydrogen-bond acceptors (Lipinski definition) is 3. The Morgan fingerprint density at radius 3 is 2.91 bits per heavy atom. The van der Waals surface area contributed by atoms with Crippen molar-refractivity contribution in [1.82, 2.24) is 0 Å². The van der Waals surface area contributed by atoms with Crippen LogP contribution in [-0.2, 0) is 14.3 Å². The molecule has 1 aliphatic carbocycles. The smallest absolute Gasteiger partial charge is 0.155 e. The highest BCUT2D eigenvalue weighted by Crippen LogP contribution is 2.29. The fourth-order valence-corrected chi connectivity index (χ4v) is 1.76. The molecule has 3 heteroatoms. The molecule has 0 spiro atoms. The standard InChI is InChI=1S/C8H12O3/c1-5-10-7-3-2-6(9)4-8(7)11-5/h5,7-8H,2-4H2,1H3. The molecule has 0 radical (unpaired) electrons. The SMILES string of the molecule is CC1OC2CCC(=O)CC2O1. The van der Waals surface area contributed by atoms with Crippen molar-refractivity contribution in [2.75, 3.05) is 0 Å². The van der Waals surface area contributed by atoms with E-state index < -0.39 is 0 Å². The predicted octanol–water partition coefficient (Wildman–Crippen LogP) is 0.869. The van der Waals surface area contributed by atoms with Crippen LogP contribution in [0.1, 0.15) is 26.2 Å². The zero-order valence-corrected chi connectivity index (χ0v) is 6.58. The van der Waals surface area contributed by atoms with E-state index in [0.717, 1.165) is 6.42 Å². The van der Waals surface area contributed by atoms with Crippen LogP contribution in [0.5, 0.6) is 0 Å². The highest BCUT2D eigenvalue weighted by atomic mass is 16.7. The van der Waals surface area contributed by atoms with Gasteiger partial charge < -0.3 is 9.47 Å². The Hall–Kier alpha value is -0.410. The van der Waals surface area contributed by atoms with E-state index in [9.17, 15) is 4.79 Å². The molecule has 0 aromatic carbocycles. The van der Waals surface area contributed by atoms with Gasteiger partial charge in [-0.3, -0.25) is 4.79 Å². The van der Waals surface area contributed by atoms with Gasteiger partial charge in [0.2, 0.25) is 0 Å². The van der Waals surface area contributed by atoms with Crippen LogP contribution in [0.2, 0.25) is 0 Å². The number of hydrogen-bond donors (Lipinski definition) is 0. The Labute approximate surface area is 65.7 Å². The van der Waals surface area contributed by atoms with Crippen LogP contribution in [-0.4, -0.2) is 24.3 Å². The van der Waals surface area contributed by atoms with Gasteiger partial charge in [-0.25, -0.2) is 0 Å². The number of ether oxygens (including phenoxy) is 2. The zero-order chi connectivity index (χ0) is 7.84. The van der Waals surface area contributed by atoms with E-state index in [1.165, 1.54) is 0 Å². The average Bonchev–Trinajstić information content (AvgIpc) is 2.27. The summed E-state index contributed by atoms with van der Waals surface area (Å²) < 4.78 is 10.8. The maximum Gasteiger partial charge on any atom is 0.155 e. The number of ketones is 1. The van der Waals surface area contributed by atoms with Crippen molar-refractivity contribution in [3.05, 3.63) is 0 Å². The molecule has 2 aliphatic rings. The third kappa shape index (κ3) is 1.30. The van der Waals surface area contributed by atoms with Crippen molar-refractivity contribution in [3.8, 4) is 0 Å². The molecule has 0 amide bonds. The maximum absolute atomic E-state index is 11.0. The van der Waals surface area contributed by atoms with Crippen LogP contribution in [0.15, 0.2) is 0 Å². The number of carbonyl (C=O) groups is 1. The van der Waals surface area contributed by atoms with Gasteiger partial charge in [0, 0.05) is 12.8 Å². The van der Waals surface area contributed by atoms with Gasteiger partial charge >= 0.3 is 0 Å². The van der Waals surface area contributed by atoms with E-state index in [2.05, 4.69) is 0 Å². The molecule has 2 rings (SSSR count). The van der Waals surface area contributed by atoms with Crippen LogP contribution < -0.4 is 0 Å². The van der Waals surface area contributed by atoms with Crippen molar-refractivity contribution in [2.45, 2.75) is 44.7 Å². The first-order valence-corrected chi connectivity index (χ1v) is 4.08. The first-order valence-electron chi connectivity index (χ1n) is 4.08. The minimum absolute atomic E-state index is 0.0475. The molecular formula is C8H12O3. The van der Waals surface area contributed by atoms with Crippen LogP contribution in [0.3, 0.4) is 0 Å². The van der Waals surface area contributed by atoms with Crippen molar-refractivity contribution in [1.29, 1.82) is 0 Å². The molecule has 1 saturated carbocycles. The van der Waals surface area contributed by atoms with Crippen molar-refractivity contribution in [2.24, 2.45) is 0 Å². The Morgan fingerprint density at radius 1 is 1.36 bits per heavy atom. The second-order valence-corrected chi connectivity index (χ2v) is 3.20. The summed E-state index contributed by atoms with van der Waals surface area (Å²) >= 11 is 0. The van der Waals surface area contributed by atoms with Crippen molar-refractivity contribution < 1.29 is 14.3 Å². The quantitative estimate of drug-likeness (QED) is 0.522. The molecule has 1 aliphatic heterocycles. The Balaban J connectivity index is 2.02. The molecule has 0 N–H and O–H groups in total. The zero-order valence-electron chi connectivity index (χ0n) is 6.58. The molecule has 3 unspecified atom stereocenters. The molecule has 1 saturated heterocycles. The fourth-order valence-electron chi connectivity index (χ4n) is 1.76. The number of rotatable bonds is 0. The monoisotopic (exact) mass is 156 g/mol. The Kier molecular flexibility index (Phi) is 1.69. The summed E-state index contributed by atoms with van der Waals surface area (Å²) in [7, 11) is 0. The van der Waals surface area contributed by atoms with Gasteiger partial charge in [0.1, 0.15) is 5.78 Å². The lowest BCUT2D eigenvalue weighted by Gasteiger charge is -2.20. The van der Waals surface area contributed by atoms with Gasteiger partial charge in [-0.05, 0) is 13.3 Å². The third-order valence-electron chi connectivity index (χ3n) is 2.28. The Morgan fingerprint density at radius 2 is 2.09 bits per heavy atom. The van der Waals surface area contributed by atoms with Gasteiger partial charge in [-0.15, -0.1) is 0 Å². The first kappa shape index (κ1) is 7.25. The Bertz CT molecular complexity index is 178. The van der Waals surface area contributed by atoms with Gasteiger partial charge in [0.25, 0.3) is 0 Å². The van der Waals surface area contributed by atoms with E-state index in [1.807, 2.05) is 6.92 Å². The van der Waals surface area contributed by atoms with Crippen LogP contribution >= 0.6 is 0 Å². The molecule has 3 nitrogen and oxygen atoms in total. The molecule has 0 aromatic heterocycles. The van der Waals surface area contributed by atoms with E-state index in [1.54, 1.807) is 0 Å². The summed E-state index contributed by atoms with van der Waals surface area (Å²) in [4.78, 5) is 11.0. The summed E-state index contributed by atoms with van der Waals surface area (Å²) in [6, 6.07) is 0. The molecule has 2 fully saturated rings. The number of fused-ring (bicyclic) bond motifs is 1.